The zero-order valence-electron chi connectivity index (χ0n) is 52.1. The maximum absolute atomic E-state index is 13.6. The van der Waals surface area contributed by atoms with Crippen molar-refractivity contribution in [2.75, 3.05) is 40.9 Å². The molecule has 0 aromatic rings. The number of esters is 1. The lowest BCUT2D eigenvalue weighted by molar-refractivity contribution is -0.870. The number of carbonyl (C=O) groups excluding carboxylic acids is 2. The molecule has 0 saturated carbocycles. The van der Waals surface area contributed by atoms with Gasteiger partial charge in [0.25, 0.3) is 0 Å². The van der Waals surface area contributed by atoms with Crippen LogP contribution in [0.1, 0.15) is 278 Å². The summed E-state index contributed by atoms with van der Waals surface area (Å²) in [5.41, 5.74) is 0. The van der Waals surface area contributed by atoms with Gasteiger partial charge in [-0.05, 0) is 109 Å². The average Bonchev–Trinajstić information content (AvgIpc) is 3.41. The van der Waals surface area contributed by atoms with Gasteiger partial charge in [-0.25, -0.2) is 4.57 Å². The molecule has 0 radical (unpaired) electrons. The molecule has 0 aromatic carbocycles. The monoisotopic (exact) mass is 1120 g/mol. The number of likely N-dealkylation sites (N-methyl/N-ethyl adjacent to an activating group) is 1. The zero-order chi connectivity index (χ0) is 57.9. The van der Waals surface area contributed by atoms with Crippen molar-refractivity contribution in [1.82, 2.24) is 5.32 Å². The Morgan fingerprint density at radius 1 is 0.456 bits per heavy atom. The zero-order valence-corrected chi connectivity index (χ0v) is 53.0. The maximum atomic E-state index is 13.6. The first-order chi connectivity index (χ1) is 38.4. The number of allylic oxidation sites excluding steroid dienone is 15. The molecule has 0 saturated heterocycles. The van der Waals surface area contributed by atoms with Crippen molar-refractivity contribution in [3.8, 4) is 0 Å². The summed E-state index contributed by atoms with van der Waals surface area (Å²) in [6.07, 6.45) is 78.3. The van der Waals surface area contributed by atoms with Crippen LogP contribution in [0.5, 0.6) is 0 Å². The standard InChI is InChI=1S/C69H123N2O7P/c1-7-10-13-16-19-22-25-28-30-32-34-35-37-38-40-43-46-49-52-55-58-61-68(72)70-66(65-77-79(74,75)76-64-63-71(4,5)6)67(60-57-54-51-48-45-42-27-24-21-18-15-12-9-3)78-69(73)62-59-56-53-50-47-44-41-39-36-33-31-29-26-23-20-17-14-11-8-2/h11,14,19-20,22-23,28-31,36,39,44,47,57,60,66-67H,7-10,12-13,15-18,21,24-27,32-35,37-38,40-43,45-46,48-56,58-59,61-65H2,1-6H3,(H-,70,72,74,75)/p+1/b14-11-,22-19-,23-20-,30-28-,31-29-,39-36-,47-44-,60-57+. The highest BCUT2D eigenvalue weighted by atomic mass is 31.2. The number of rotatable bonds is 58. The number of quaternary nitrogens is 1. The highest BCUT2D eigenvalue weighted by molar-refractivity contribution is 7.47. The quantitative estimate of drug-likeness (QED) is 0.0205. The number of nitrogens with one attached hydrogen (secondary N) is 1. The third-order valence-corrected chi connectivity index (χ3v) is 15.0. The van der Waals surface area contributed by atoms with E-state index in [2.05, 4.69) is 111 Å². The molecule has 0 aromatic heterocycles. The Bertz CT molecular complexity index is 1670. The van der Waals surface area contributed by atoms with Gasteiger partial charge in [0, 0.05) is 12.8 Å². The Morgan fingerprint density at radius 3 is 1.25 bits per heavy atom. The SMILES string of the molecule is CC/C=C\C/C=C\C/C=C\C/C=C\C/C=C\CCCCCC(=O)OC(/C=C/CCCCCCCCCCCCC)C(COP(=O)(O)OCC[N+](C)(C)C)NC(=O)CCCCCCCCCCCCC/C=C\C/C=C\CCCCC. The van der Waals surface area contributed by atoms with Gasteiger partial charge in [0.15, 0.2) is 0 Å². The first-order valence-electron chi connectivity index (χ1n) is 32.6. The highest BCUT2D eigenvalue weighted by Crippen LogP contribution is 2.43. The molecule has 10 heteroatoms. The number of unbranched alkanes of at least 4 members (excludes halogenated alkanes) is 28. The molecule has 0 aliphatic rings. The summed E-state index contributed by atoms with van der Waals surface area (Å²) < 4.78 is 30.7. The van der Waals surface area contributed by atoms with Gasteiger partial charge >= 0.3 is 13.8 Å². The lowest BCUT2D eigenvalue weighted by Gasteiger charge is -2.27. The van der Waals surface area contributed by atoms with Crippen molar-refractivity contribution < 1.29 is 37.3 Å². The van der Waals surface area contributed by atoms with Crippen LogP contribution in [-0.4, -0.2) is 74.3 Å². The first-order valence-corrected chi connectivity index (χ1v) is 34.1. The van der Waals surface area contributed by atoms with Crippen molar-refractivity contribution >= 4 is 19.7 Å². The summed E-state index contributed by atoms with van der Waals surface area (Å²) in [6, 6.07) is -0.869. The van der Waals surface area contributed by atoms with Crippen molar-refractivity contribution in [2.45, 2.75) is 290 Å². The number of hydrogen-bond acceptors (Lipinski definition) is 6. The number of hydrogen-bond donors (Lipinski definition) is 2. The summed E-state index contributed by atoms with van der Waals surface area (Å²) >= 11 is 0. The van der Waals surface area contributed by atoms with Crippen LogP contribution >= 0.6 is 7.82 Å². The predicted molar refractivity (Wildman–Crippen MR) is 341 cm³/mol. The summed E-state index contributed by atoms with van der Waals surface area (Å²) in [4.78, 5) is 37.8. The lowest BCUT2D eigenvalue weighted by Crippen LogP contribution is -2.47. The lowest BCUT2D eigenvalue weighted by atomic mass is 10.0. The fraction of sp³-hybridized carbons (Fsp3) is 0.739. The second-order valence-electron chi connectivity index (χ2n) is 22.9. The van der Waals surface area contributed by atoms with E-state index in [9.17, 15) is 19.0 Å². The molecule has 0 rings (SSSR count). The van der Waals surface area contributed by atoms with Crippen molar-refractivity contribution in [3.05, 3.63) is 97.2 Å². The van der Waals surface area contributed by atoms with E-state index in [-0.39, 0.29) is 31.5 Å². The van der Waals surface area contributed by atoms with Gasteiger partial charge in [-0.3, -0.25) is 18.6 Å². The Balaban J connectivity index is 5.29. The first kappa shape index (κ1) is 75.9. The van der Waals surface area contributed by atoms with E-state index in [1.54, 1.807) is 0 Å². The van der Waals surface area contributed by atoms with E-state index in [0.29, 0.717) is 23.9 Å². The predicted octanol–water partition coefficient (Wildman–Crippen LogP) is 20.3. The Kier molecular flexibility index (Phi) is 55.9. The molecule has 0 bridgehead atoms. The highest BCUT2D eigenvalue weighted by Gasteiger charge is 2.30. The van der Waals surface area contributed by atoms with Gasteiger partial charge in [-0.1, -0.05) is 253 Å². The Morgan fingerprint density at radius 2 is 0.810 bits per heavy atom. The van der Waals surface area contributed by atoms with Gasteiger partial charge in [-0.2, -0.15) is 0 Å². The molecule has 79 heavy (non-hydrogen) atoms. The van der Waals surface area contributed by atoms with Crippen molar-refractivity contribution in [1.29, 1.82) is 0 Å². The minimum Gasteiger partial charge on any atom is -0.456 e. The molecule has 0 spiro atoms. The number of amides is 1. The van der Waals surface area contributed by atoms with E-state index in [1.165, 1.54) is 141 Å². The van der Waals surface area contributed by atoms with Crippen LogP contribution in [0.3, 0.4) is 0 Å². The molecular formula is C69H124N2O7P+. The smallest absolute Gasteiger partial charge is 0.456 e. The van der Waals surface area contributed by atoms with E-state index >= 15 is 0 Å². The van der Waals surface area contributed by atoms with Crippen LogP contribution in [0, 0.1) is 0 Å². The Labute approximate surface area is 488 Å². The van der Waals surface area contributed by atoms with Crippen LogP contribution in [-0.2, 0) is 27.9 Å². The fourth-order valence-electron chi connectivity index (χ4n) is 9.00. The van der Waals surface area contributed by atoms with Gasteiger partial charge in [0.05, 0.1) is 33.8 Å². The average molecular weight is 1120 g/mol. The molecule has 0 aliphatic carbocycles. The Hall–Kier alpha value is -3.07. The molecule has 3 atom stereocenters. The molecule has 1 amide bonds. The maximum Gasteiger partial charge on any atom is 0.472 e. The van der Waals surface area contributed by atoms with Crippen LogP contribution in [0.4, 0.5) is 0 Å². The topological polar surface area (TPSA) is 111 Å². The van der Waals surface area contributed by atoms with Crippen LogP contribution in [0.25, 0.3) is 0 Å². The summed E-state index contributed by atoms with van der Waals surface area (Å²) in [5.74, 6) is -0.544. The minimum absolute atomic E-state index is 0.0303. The van der Waals surface area contributed by atoms with Crippen molar-refractivity contribution in [3.63, 3.8) is 0 Å². The number of phosphoric ester groups is 1. The van der Waals surface area contributed by atoms with E-state index in [1.807, 2.05) is 33.3 Å². The number of ether oxygens (including phenoxy) is 1. The van der Waals surface area contributed by atoms with E-state index < -0.39 is 20.0 Å². The molecular weight excluding hydrogens is 1000 g/mol. The van der Waals surface area contributed by atoms with Gasteiger partial charge in [0.2, 0.25) is 5.91 Å². The van der Waals surface area contributed by atoms with Crippen LogP contribution in [0.2, 0.25) is 0 Å². The molecule has 0 fully saturated rings. The van der Waals surface area contributed by atoms with E-state index in [4.69, 9.17) is 13.8 Å². The van der Waals surface area contributed by atoms with Crippen LogP contribution in [0.15, 0.2) is 97.2 Å². The molecule has 3 unspecified atom stereocenters. The van der Waals surface area contributed by atoms with Crippen molar-refractivity contribution in [2.24, 2.45) is 0 Å². The normalized spacial score (nSPS) is 14.3. The van der Waals surface area contributed by atoms with E-state index in [0.717, 1.165) is 96.3 Å². The fourth-order valence-corrected chi connectivity index (χ4v) is 9.73. The summed E-state index contributed by atoms with van der Waals surface area (Å²) in [7, 11) is 1.47. The molecule has 0 heterocycles. The molecule has 456 valence electrons. The summed E-state index contributed by atoms with van der Waals surface area (Å²) in [6.45, 7) is 6.86. The largest absolute Gasteiger partial charge is 0.472 e. The number of nitrogens with zero attached hydrogens (tertiary/aromatic N) is 1. The third kappa shape index (κ3) is 59.4. The third-order valence-electron chi connectivity index (χ3n) is 14.0. The van der Waals surface area contributed by atoms with Crippen LogP contribution < -0.4 is 5.32 Å². The van der Waals surface area contributed by atoms with Gasteiger partial charge in [-0.15, -0.1) is 0 Å². The second-order valence-corrected chi connectivity index (χ2v) is 24.4. The minimum atomic E-state index is -4.46. The number of carbonyl (C=O) groups is 2. The molecule has 0 aliphatic heterocycles. The van der Waals surface area contributed by atoms with Gasteiger partial charge in [0.1, 0.15) is 19.3 Å². The molecule has 2 N–H and O–H groups in total. The summed E-state index contributed by atoms with van der Waals surface area (Å²) in [5, 5.41) is 3.05. The van der Waals surface area contributed by atoms with Gasteiger partial charge < -0.3 is 19.4 Å². The second kappa shape index (κ2) is 58.1. The molecule has 9 nitrogen and oxygen atoms in total. The number of phosphoric acid groups is 1.